The monoisotopic (exact) mass is 210 g/mol. The molecule has 0 aliphatic carbocycles. The Bertz CT molecular complexity index is 234. The van der Waals surface area contributed by atoms with Crippen LogP contribution in [0.4, 0.5) is 0 Å². The molecule has 0 saturated carbocycles. The lowest BCUT2D eigenvalue weighted by Gasteiger charge is -2.20. The number of unbranched alkanes of at least 4 members (excludes halogenated alkanes) is 1. The molecule has 1 rings (SSSR count). The third-order valence-electron chi connectivity index (χ3n) is 2.43. The molecule has 0 saturated heterocycles. The van der Waals surface area contributed by atoms with Crippen LogP contribution >= 0.6 is 0 Å². The van der Waals surface area contributed by atoms with Gasteiger partial charge in [0.1, 0.15) is 5.76 Å². The summed E-state index contributed by atoms with van der Waals surface area (Å²) in [7, 11) is 0. The van der Waals surface area contributed by atoms with Gasteiger partial charge < -0.3 is 10.2 Å². The Morgan fingerprint density at radius 2 is 2.20 bits per heavy atom. The van der Waals surface area contributed by atoms with E-state index in [2.05, 4.69) is 11.8 Å². The van der Waals surface area contributed by atoms with E-state index >= 15 is 0 Å². The molecule has 3 heteroatoms. The van der Waals surface area contributed by atoms with E-state index in [9.17, 15) is 0 Å². The maximum absolute atomic E-state index is 5.49. The van der Waals surface area contributed by atoms with Gasteiger partial charge >= 0.3 is 0 Å². The lowest BCUT2D eigenvalue weighted by atomic mass is 10.2. The van der Waals surface area contributed by atoms with Crippen molar-refractivity contribution in [2.75, 3.05) is 19.6 Å². The number of hydrogen-bond acceptors (Lipinski definition) is 3. The Balaban J connectivity index is 2.29. The van der Waals surface area contributed by atoms with Crippen molar-refractivity contribution in [3.8, 4) is 0 Å². The molecule has 0 radical (unpaired) electrons. The van der Waals surface area contributed by atoms with Crippen LogP contribution in [-0.2, 0) is 6.54 Å². The van der Waals surface area contributed by atoms with Crippen LogP contribution in [0.25, 0.3) is 0 Å². The lowest BCUT2D eigenvalue weighted by Crippen LogP contribution is -2.25. The zero-order valence-electron chi connectivity index (χ0n) is 9.61. The first-order chi connectivity index (χ1) is 7.36. The fourth-order valence-electron chi connectivity index (χ4n) is 1.69. The molecule has 2 N–H and O–H groups in total. The van der Waals surface area contributed by atoms with Crippen LogP contribution in [0.3, 0.4) is 0 Å². The van der Waals surface area contributed by atoms with Crippen LogP contribution in [0, 0.1) is 0 Å². The molecule has 3 nitrogen and oxygen atoms in total. The molecule has 0 aliphatic rings. The van der Waals surface area contributed by atoms with Gasteiger partial charge in [-0.3, -0.25) is 4.90 Å². The highest BCUT2D eigenvalue weighted by atomic mass is 16.3. The van der Waals surface area contributed by atoms with E-state index in [0.717, 1.165) is 38.4 Å². The van der Waals surface area contributed by atoms with E-state index < -0.39 is 0 Å². The maximum Gasteiger partial charge on any atom is 0.117 e. The van der Waals surface area contributed by atoms with Crippen molar-refractivity contribution in [2.24, 2.45) is 5.73 Å². The van der Waals surface area contributed by atoms with Crippen LogP contribution in [0.2, 0.25) is 0 Å². The topological polar surface area (TPSA) is 42.4 Å². The van der Waals surface area contributed by atoms with Crippen molar-refractivity contribution in [3.63, 3.8) is 0 Å². The smallest absolute Gasteiger partial charge is 0.117 e. The summed E-state index contributed by atoms with van der Waals surface area (Å²) in [6, 6.07) is 3.98. The molecule has 86 valence electrons. The van der Waals surface area contributed by atoms with Gasteiger partial charge in [0.2, 0.25) is 0 Å². The Labute approximate surface area is 92.2 Å². The Hall–Kier alpha value is -0.800. The highest BCUT2D eigenvalue weighted by Gasteiger charge is 2.05. The molecule has 0 unspecified atom stereocenters. The third-order valence-corrected chi connectivity index (χ3v) is 2.43. The number of hydrogen-bond donors (Lipinski definition) is 1. The van der Waals surface area contributed by atoms with Gasteiger partial charge in [-0.25, -0.2) is 0 Å². The molecular weight excluding hydrogens is 188 g/mol. The average Bonchev–Trinajstić information content (AvgIpc) is 2.71. The van der Waals surface area contributed by atoms with E-state index in [-0.39, 0.29) is 0 Å². The summed E-state index contributed by atoms with van der Waals surface area (Å²) < 4.78 is 5.35. The number of nitrogens with zero attached hydrogens (tertiary/aromatic N) is 1. The summed E-state index contributed by atoms with van der Waals surface area (Å²) in [5, 5.41) is 0. The minimum Gasteiger partial charge on any atom is -0.468 e. The van der Waals surface area contributed by atoms with Gasteiger partial charge in [0, 0.05) is 0 Å². The van der Waals surface area contributed by atoms with Gasteiger partial charge in [0.15, 0.2) is 0 Å². The average molecular weight is 210 g/mol. The molecule has 0 spiro atoms. The number of nitrogens with two attached hydrogens (primary N) is 1. The second-order valence-corrected chi connectivity index (χ2v) is 3.85. The normalized spacial score (nSPS) is 11.1. The first-order valence-electron chi connectivity index (χ1n) is 5.81. The molecule has 1 aromatic rings. The molecule has 0 aliphatic heterocycles. The van der Waals surface area contributed by atoms with Crippen LogP contribution < -0.4 is 5.73 Å². The molecule has 0 fully saturated rings. The standard InChI is InChI=1S/C12H22N2O/c1-2-8-14(9-4-3-7-13)11-12-6-5-10-15-12/h5-6,10H,2-4,7-9,11,13H2,1H3. The number of furan rings is 1. The van der Waals surface area contributed by atoms with Crippen molar-refractivity contribution in [3.05, 3.63) is 24.2 Å². The summed E-state index contributed by atoms with van der Waals surface area (Å²) >= 11 is 0. The Morgan fingerprint density at radius 3 is 2.80 bits per heavy atom. The molecule has 0 amide bonds. The molecular formula is C12H22N2O. The summed E-state index contributed by atoms with van der Waals surface area (Å²) in [6.45, 7) is 6.17. The Kier molecular flexibility index (Phi) is 6.12. The van der Waals surface area contributed by atoms with Gasteiger partial charge in [-0.1, -0.05) is 6.92 Å². The van der Waals surface area contributed by atoms with Crippen molar-refractivity contribution < 1.29 is 4.42 Å². The van der Waals surface area contributed by atoms with Gasteiger partial charge in [0.25, 0.3) is 0 Å². The van der Waals surface area contributed by atoms with Crippen molar-refractivity contribution in [1.82, 2.24) is 4.90 Å². The highest BCUT2D eigenvalue weighted by molar-refractivity contribution is 4.97. The van der Waals surface area contributed by atoms with E-state index in [1.165, 1.54) is 12.8 Å². The molecule has 1 heterocycles. The second-order valence-electron chi connectivity index (χ2n) is 3.85. The largest absolute Gasteiger partial charge is 0.468 e. The summed E-state index contributed by atoms with van der Waals surface area (Å²) in [5.41, 5.74) is 5.49. The first kappa shape index (κ1) is 12.3. The minimum atomic E-state index is 0.792. The van der Waals surface area contributed by atoms with E-state index in [1.807, 2.05) is 12.1 Å². The summed E-state index contributed by atoms with van der Waals surface area (Å²) in [4.78, 5) is 2.43. The second kappa shape index (κ2) is 7.49. The zero-order valence-corrected chi connectivity index (χ0v) is 9.61. The summed E-state index contributed by atoms with van der Waals surface area (Å²) in [6.07, 6.45) is 5.21. The minimum absolute atomic E-state index is 0.792. The zero-order chi connectivity index (χ0) is 10.9. The van der Waals surface area contributed by atoms with Gasteiger partial charge in [-0.15, -0.1) is 0 Å². The molecule has 1 aromatic heterocycles. The SMILES string of the molecule is CCCN(CCCCN)Cc1ccco1. The predicted octanol–water partition coefficient (Wildman–Crippen LogP) is 2.23. The molecule has 15 heavy (non-hydrogen) atoms. The molecule has 0 bridgehead atoms. The highest BCUT2D eigenvalue weighted by Crippen LogP contribution is 2.07. The van der Waals surface area contributed by atoms with E-state index in [1.54, 1.807) is 6.26 Å². The van der Waals surface area contributed by atoms with Gasteiger partial charge in [-0.2, -0.15) is 0 Å². The van der Waals surface area contributed by atoms with Crippen molar-refractivity contribution in [2.45, 2.75) is 32.7 Å². The maximum atomic E-state index is 5.49. The van der Waals surface area contributed by atoms with Crippen LogP contribution in [-0.4, -0.2) is 24.5 Å². The van der Waals surface area contributed by atoms with Gasteiger partial charge in [0.05, 0.1) is 12.8 Å². The van der Waals surface area contributed by atoms with Gasteiger partial charge in [-0.05, 0) is 51.0 Å². The van der Waals surface area contributed by atoms with E-state index in [0.29, 0.717) is 0 Å². The molecule has 0 aromatic carbocycles. The van der Waals surface area contributed by atoms with Crippen LogP contribution in [0.1, 0.15) is 31.9 Å². The summed E-state index contributed by atoms with van der Waals surface area (Å²) in [5.74, 6) is 1.05. The fraction of sp³-hybridized carbons (Fsp3) is 0.667. The third kappa shape index (κ3) is 5.00. The lowest BCUT2D eigenvalue weighted by molar-refractivity contribution is 0.240. The van der Waals surface area contributed by atoms with Crippen molar-refractivity contribution >= 4 is 0 Å². The number of rotatable bonds is 8. The van der Waals surface area contributed by atoms with Crippen LogP contribution in [0.5, 0.6) is 0 Å². The van der Waals surface area contributed by atoms with Crippen molar-refractivity contribution in [1.29, 1.82) is 0 Å². The molecule has 0 atom stereocenters. The quantitative estimate of drug-likeness (QED) is 0.669. The van der Waals surface area contributed by atoms with E-state index in [4.69, 9.17) is 10.2 Å². The first-order valence-corrected chi connectivity index (χ1v) is 5.81. The van der Waals surface area contributed by atoms with Crippen LogP contribution in [0.15, 0.2) is 22.8 Å². The fourth-order valence-corrected chi connectivity index (χ4v) is 1.69. The Morgan fingerprint density at radius 1 is 1.33 bits per heavy atom. The predicted molar refractivity (Wildman–Crippen MR) is 62.6 cm³/mol.